The van der Waals surface area contributed by atoms with E-state index in [9.17, 15) is 10.1 Å². The lowest BCUT2D eigenvalue weighted by Crippen LogP contribution is -1.88. The smallest absolute Gasteiger partial charge is 0.287 e. The molecular weight excluding hydrogens is 315 g/mol. The molecule has 0 aliphatic heterocycles. The number of anilines is 1. The van der Waals surface area contributed by atoms with Crippen LogP contribution in [-0.2, 0) is 0 Å². The number of halogens is 1. The molecule has 0 aliphatic rings. The second kappa shape index (κ2) is 3.35. The van der Waals surface area contributed by atoms with Gasteiger partial charge in [-0.05, 0) is 34.7 Å². The number of thiophene rings is 1. The van der Waals surface area contributed by atoms with Crippen LogP contribution in [0.15, 0.2) is 17.5 Å². The normalized spacial score (nSPS) is 10.6. The van der Waals surface area contributed by atoms with Crippen molar-refractivity contribution in [2.75, 3.05) is 5.73 Å². The maximum absolute atomic E-state index is 10.7. The Morgan fingerprint density at radius 3 is 2.86 bits per heavy atom. The van der Waals surface area contributed by atoms with Gasteiger partial charge in [0.25, 0.3) is 5.69 Å². The number of hydrogen-bond acceptors (Lipinski definition) is 4. The third-order valence-corrected chi connectivity index (χ3v) is 3.50. The van der Waals surface area contributed by atoms with Crippen molar-refractivity contribution in [3.05, 3.63) is 31.2 Å². The molecule has 2 N–H and O–H groups in total. The third kappa shape index (κ3) is 1.44. The maximum Gasteiger partial charge on any atom is 0.287 e. The number of nitro groups is 1. The summed E-state index contributed by atoms with van der Waals surface area (Å²) < 4.78 is 1.70. The molecule has 6 heteroatoms. The van der Waals surface area contributed by atoms with Crippen molar-refractivity contribution >= 4 is 55.4 Å². The lowest BCUT2D eigenvalue weighted by Gasteiger charge is -1.96. The standard InChI is InChI=1S/C8H5IN2O2S/c9-4-1-5-7(11(12)13)3-14-8(5)6(10)2-4/h1-3H,10H2. The molecule has 0 fully saturated rings. The molecule has 0 unspecified atom stereocenters. The van der Waals surface area contributed by atoms with Crippen molar-refractivity contribution in [3.8, 4) is 0 Å². The van der Waals surface area contributed by atoms with Gasteiger partial charge in [-0.1, -0.05) is 0 Å². The molecule has 1 aromatic heterocycles. The summed E-state index contributed by atoms with van der Waals surface area (Å²) in [6.07, 6.45) is 0. The summed E-state index contributed by atoms with van der Waals surface area (Å²) in [5.74, 6) is 0. The molecule has 1 aromatic carbocycles. The molecule has 1 heterocycles. The molecule has 2 rings (SSSR count). The van der Waals surface area contributed by atoms with Gasteiger partial charge in [-0.25, -0.2) is 0 Å². The quantitative estimate of drug-likeness (QED) is 0.380. The molecule has 0 amide bonds. The molecule has 2 aromatic rings. The van der Waals surface area contributed by atoms with Crippen molar-refractivity contribution in [1.82, 2.24) is 0 Å². The van der Waals surface area contributed by atoms with Gasteiger partial charge in [0.1, 0.15) is 0 Å². The van der Waals surface area contributed by atoms with Gasteiger partial charge in [0.2, 0.25) is 0 Å². The van der Waals surface area contributed by atoms with E-state index in [-0.39, 0.29) is 10.6 Å². The van der Waals surface area contributed by atoms with Crippen LogP contribution in [0.1, 0.15) is 0 Å². The van der Waals surface area contributed by atoms with Crippen LogP contribution in [0.2, 0.25) is 0 Å². The zero-order valence-electron chi connectivity index (χ0n) is 6.86. The number of nitrogen functional groups attached to an aromatic ring is 1. The van der Waals surface area contributed by atoms with Crippen molar-refractivity contribution in [1.29, 1.82) is 0 Å². The van der Waals surface area contributed by atoms with E-state index in [2.05, 4.69) is 22.6 Å². The molecule has 0 saturated carbocycles. The van der Waals surface area contributed by atoms with E-state index < -0.39 is 0 Å². The predicted octanol–water partition coefficient (Wildman–Crippen LogP) is 3.00. The number of rotatable bonds is 1. The molecule has 14 heavy (non-hydrogen) atoms. The second-order valence-corrected chi connectivity index (χ2v) is 4.88. The van der Waals surface area contributed by atoms with Crippen LogP contribution in [0.4, 0.5) is 11.4 Å². The first kappa shape index (κ1) is 9.66. The average Bonchev–Trinajstić information content (AvgIpc) is 2.47. The zero-order valence-corrected chi connectivity index (χ0v) is 9.83. The second-order valence-electron chi connectivity index (χ2n) is 2.75. The molecule has 0 atom stereocenters. The Bertz CT molecular complexity index is 523. The highest BCUT2D eigenvalue weighted by atomic mass is 127. The highest BCUT2D eigenvalue weighted by Crippen LogP contribution is 2.36. The lowest BCUT2D eigenvalue weighted by atomic mass is 10.2. The van der Waals surface area contributed by atoms with E-state index in [0.29, 0.717) is 11.1 Å². The Morgan fingerprint density at radius 2 is 2.21 bits per heavy atom. The SMILES string of the molecule is Nc1cc(I)cc2c([N+](=O)[O-])csc12. The molecule has 0 aliphatic carbocycles. The van der Waals surface area contributed by atoms with Crippen molar-refractivity contribution in [2.45, 2.75) is 0 Å². The van der Waals surface area contributed by atoms with Gasteiger partial charge in [-0.15, -0.1) is 11.3 Å². The average molecular weight is 320 g/mol. The van der Waals surface area contributed by atoms with Crippen molar-refractivity contribution in [2.24, 2.45) is 0 Å². The van der Waals surface area contributed by atoms with Crippen LogP contribution in [0.5, 0.6) is 0 Å². The monoisotopic (exact) mass is 320 g/mol. The Labute approximate surface area is 97.0 Å². The Hall–Kier alpha value is -0.890. The molecular formula is C8H5IN2O2S. The van der Waals surface area contributed by atoms with Crippen molar-refractivity contribution in [3.63, 3.8) is 0 Å². The lowest BCUT2D eigenvalue weighted by molar-refractivity contribution is -0.382. The first-order valence-electron chi connectivity index (χ1n) is 3.70. The highest BCUT2D eigenvalue weighted by molar-refractivity contribution is 14.1. The number of hydrogen-bond donors (Lipinski definition) is 1. The number of benzene rings is 1. The third-order valence-electron chi connectivity index (χ3n) is 1.84. The van der Waals surface area contributed by atoms with Gasteiger partial charge in [-0.3, -0.25) is 10.1 Å². The van der Waals surface area contributed by atoms with E-state index in [0.717, 1.165) is 8.27 Å². The van der Waals surface area contributed by atoms with Crippen LogP contribution >= 0.6 is 33.9 Å². The summed E-state index contributed by atoms with van der Waals surface area (Å²) in [6.45, 7) is 0. The minimum Gasteiger partial charge on any atom is -0.398 e. The van der Waals surface area contributed by atoms with E-state index in [1.54, 1.807) is 6.07 Å². The van der Waals surface area contributed by atoms with Gasteiger partial charge in [0.05, 0.1) is 26.1 Å². The fourth-order valence-corrected chi connectivity index (χ4v) is 2.83. The Morgan fingerprint density at radius 1 is 1.50 bits per heavy atom. The van der Waals surface area contributed by atoms with Crippen LogP contribution in [0.25, 0.3) is 10.1 Å². The Balaban J connectivity index is 2.85. The molecule has 0 bridgehead atoms. The van der Waals surface area contributed by atoms with E-state index >= 15 is 0 Å². The minimum atomic E-state index is -0.381. The van der Waals surface area contributed by atoms with Gasteiger partial charge >= 0.3 is 0 Å². The predicted molar refractivity (Wildman–Crippen MR) is 65.6 cm³/mol. The molecule has 0 radical (unpaired) electrons. The van der Waals surface area contributed by atoms with Crippen LogP contribution < -0.4 is 5.73 Å². The molecule has 72 valence electrons. The topological polar surface area (TPSA) is 69.2 Å². The molecule has 4 nitrogen and oxygen atoms in total. The van der Waals surface area contributed by atoms with E-state index in [1.165, 1.54) is 16.7 Å². The summed E-state index contributed by atoms with van der Waals surface area (Å²) in [5.41, 5.74) is 6.49. The van der Waals surface area contributed by atoms with Crippen LogP contribution in [-0.4, -0.2) is 4.92 Å². The first-order valence-corrected chi connectivity index (χ1v) is 5.66. The highest BCUT2D eigenvalue weighted by Gasteiger charge is 2.15. The molecule has 0 spiro atoms. The number of nitrogens with two attached hydrogens (primary N) is 1. The first-order chi connectivity index (χ1) is 6.59. The van der Waals surface area contributed by atoms with Crippen LogP contribution in [0.3, 0.4) is 0 Å². The fourth-order valence-electron chi connectivity index (χ4n) is 1.26. The largest absolute Gasteiger partial charge is 0.398 e. The van der Waals surface area contributed by atoms with Crippen molar-refractivity contribution < 1.29 is 4.92 Å². The summed E-state index contributed by atoms with van der Waals surface area (Å²) in [7, 11) is 0. The number of fused-ring (bicyclic) bond motifs is 1. The van der Waals surface area contributed by atoms with Gasteiger partial charge < -0.3 is 5.73 Å². The maximum atomic E-state index is 10.7. The fraction of sp³-hybridized carbons (Fsp3) is 0. The van der Waals surface area contributed by atoms with Gasteiger partial charge in [0, 0.05) is 3.57 Å². The minimum absolute atomic E-state index is 0.134. The van der Waals surface area contributed by atoms with E-state index in [1.807, 2.05) is 6.07 Å². The summed E-state index contributed by atoms with van der Waals surface area (Å²) in [6, 6.07) is 3.59. The molecule has 0 saturated heterocycles. The zero-order chi connectivity index (χ0) is 10.3. The summed E-state index contributed by atoms with van der Waals surface area (Å²) in [4.78, 5) is 10.3. The van der Waals surface area contributed by atoms with Crippen LogP contribution in [0, 0.1) is 13.7 Å². The Kier molecular flexibility index (Phi) is 2.31. The number of nitrogens with zero attached hydrogens (tertiary/aromatic N) is 1. The van der Waals surface area contributed by atoms with E-state index in [4.69, 9.17) is 5.73 Å². The van der Waals surface area contributed by atoms with Gasteiger partial charge in [0.15, 0.2) is 0 Å². The summed E-state index contributed by atoms with van der Waals surface area (Å²) >= 11 is 3.40. The summed E-state index contributed by atoms with van der Waals surface area (Å²) in [5, 5.41) is 12.8. The van der Waals surface area contributed by atoms with Gasteiger partial charge in [-0.2, -0.15) is 0 Å².